The summed E-state index contributed by atoms with van der Waals surface area (Å²) in [5.41, 5.74) is 2.00. The van der Waals surface area contributed by atoms with E-state index in [1.165, 1.54) is 28.3 Å². The number of aliphatic hydroxyl groups is 2. The lowest BCUT2D eigenvalue weighted by atomic mass is 9.87. The Labute approximate surface area is 313 Å². The molecular formula is C25H38BN7O19P3-4. The number of phosphoric ester groups is 3. The molecule has 0 aromatic carbocycles. The maximum atomic E-state index is 12.5. The molecular weight excluding hydrogens is 806 g/mol. The van der Waals surface area contributed by atoms with Crippen molar-refractivity contribution in [1.82, 2.24) is 30.2 Å². The van der Waals surface area contributed by atoms with E-state index in [0.29, 0.717) is 0 Å². The van der Waals surface area contributed by atoms with Crippen LogP contribution in [0, 0.1) is 5.41 Å². The minimum absolute atomic E-state index is 0.0304. The fourth-order valence-corrected chi connectivity index (χ4v) is 7.49. The van der Waals surface area contributed by atoms with Crippen LogP contribution in [0.2, 0.25) is 6.32 Å². The Hall–Kier alpha value is -2.94. The van der Waals surface area contributed by atoms with Crippen LogP contribution in [-0.2, 0) is 61.2 Å². The first-order chi connectivity index (χ1) is 25.4. The molecule has 26 nitrogen and oxygen atoms in total. The third-order valence-electron chi connectivity index (χ3n) is 7.61. The van der Waals surface area contributed by atoms with Crippen molar-refractivity contribution in [2.45, 2.75) is 63.7 Å². The lowest BCUT2D eigenvalue weighted by molar-refractivity contribution is -0.347. The molecule has 7 atom stereocenters. The number of nitrogens with one attached hydrogen (secondary N) is 2. The summed E-state index contributed by atoms with van der Waals surface area (Å²) in [4.78, 5) is 88.0. The first-order valence-electron chi connectivity index (χ1n) is 15.7. The van der Waals surface area contributed by atoms with Crippen molar-refractivity contribution in [3.63, 3.8) is 0 Å². The highest BCUT2D eigenvalue weighted by Gasteiger charge is 2.55. The van der Waals surface area contributed by atoms with Gasteiger partial charge in [0.1, 0.15) is 36.3 Å². The van der Waals surface area contributed by atoms with Crippen molar-refractivity contribution < 1.29 is 90.5 Å². The first kappa shape index (κ1) is 46.4. The fraction of sp³-hybridized carbons (Fsp3) is 0.640. The summed E-state index contributed by atoms with van der Waals surface area (Å²) in [6.07, 6.45) is -5.83. The largest absolute Gasteiger partial charge is 0.790 e. The quantitative estimate of drug-likeness (QED) is 0.0155. The summed E-state index contributed by atoms with van der Waals surface area (Å²) in [7, 11) is -16.3. The van der Waals surface area contributed by atoms with E-state index in [9.17, 15) is 53.1 Å². The number of carbonyl (C=O) groups excluding carboxylic acids is 2. The zero-order valence-corrected chi connectivity index (χ0v) is 32.0. The van der Waals surface area contributed by atoms with E-state index < -0.39 is 84.1 Å². The Morgan fingerprint density at radius 1 is 1.15 bits per heavy atom. The predicted octanol–water partition coefficient (Wildman–Crippen LogP) is -3.89. The van der Waals surface area contributed by atoms with Gasteiger partial charge in [0.15, 0.2) is 22.9 Å². The Bertz CT molecular complexity index is 1820. The molecule has 7 unspecified atom stereocenters. The molecule has 0 aliphatic carbocycles. The summed E-state index contributed by atoms with van der Waals surface area (Å²) in [5.74, 6) is -1.62. The van der Waals surface area contributed by atoms with Gasteiger partial charge in [-0.3, -0.25) is 23.3 Å². The Morgan fingerprint density at radius 3 is 2.47 bits per heavy atom. The molecule has 0 bridgehead atoms. The number of imidazole rings is 1. The number of aromatic nitrogens is 4. The van der Waals surface area contributed by atoms with Gasteiger partial charge in [0.05, 0.1) is 34.0 Å². The molecule has 55 heavy (non-hydrogen) atoms. The number of aliphatic hydroxyl groups excluding tert-OH is 2. The van der Waals surface area contributed by atoms with Crippen LogP contribution in [-0.4, -0.2) is 112 Å². The lowest BCUT2D eigenvalue weighted by Crippen LogP contribution is -2.46. The number of ether oxygens (including phenoxy) is 1. The molecule has 0 spiro atoms. The van der Waals surface area contributed by atoms with Gasteiger partial charge in [0.2, 0.25) is 11.8 Å². The number of hydrogen-bond acceptors (Lipinski definition) is 23. The van der Waals surface area contributed by atoms with Gasteiger partial charge in [-0.25, -0.2) is 24.5 Å². The van der Waals surface area contributed by atoms with Gasteiger partial charge >= 0.3 is 0 Å². The number of nitrogens with zero attached hydrogens (tertiary/aromatic N) is 4. The minimum Gasteiger partial charge on any atom is -0.790 e. The van der Waals surface area contributed by atoms with Gasteiger partial charge < -0.3 is 78.6 Å². The number of nitrogens with two attached hydrogens (primary N) is 1. The average Bonchev–Trinajstić information content (AvgIpc) is 3.63. The van der Waals surface area contributed by atoms with E-state index in [1.54, 1.807) is 0 Å². The molecule has 2 amide bonds. The Kier molecular flexibility index (Phi) is 16.0. The van der Waals surface area contributed by atoms with Crippen LogP contribution in [0.1, 0.15) is 27.2 Å². The van der Waals surface area contributed by atoms with Crippen molar-refractivity contribution in [2.24, 2.45) is 5.41 Å². The number of carbonyl (C=O) groups is 2. The number of amides is 2. The smallest absolute Gasteiger partial charge is 0.294 e. The molecule has 30 heteroatoms. The molecule has 1 fully saturated rings. The van der Waals surface area contributed by atoms with Gasteiger partial charge in [0.25, 0.3) is 23.1 Å². The summed E-state index contributed by atoms with van der Waals surface area (Å²) in [5, 5.41) is 34.7. The second kappa shape index (κ2) is 19.0. The highest BCUT2D eigenvalue weighted by atomic mass is 31.3. The van der Waals surface area contributed by atoms with E-state index in [1.807, 2.05) is 0 Å². The summed E-state index contributed by atoms with van der Waals surface area (Å²) >= 11 is 0. The van der Waals surface area contributed by atoms with Crippen molar-refractivity contribution in [3.05, 3.63) is 25.0 Å². The number of fused-ring (bicyclic) bond motifs is 1. The molecule has 309 valence electrons. The SMILES string of the molecule is C=C(CO[B]CCNC(=O)CCNC(=O)C(O)C(C)(C)COP(=O)([O-])OP(=O)([O-])OCC1OC(C)(n2cnc3c(N)ncnc32)C(O)C1OP(=O)([O-])[O-])OO. The third kappa shape index (κ3) is 13.3. The van der Waals surface area contributed by atoms with Crippen molar-refractivity contribution in [3.8, 4) is 0 Å². The van der Waals surface area contributed by atoms with E-state index in [-0.39, 0.29) is 55.2 Å². The standard InChI is InChI=1S/C25H42BN7O19P3/c1-14(50-38)9-46-26-6-8-28-16(34)5-7-29-23(37)20(36)24(2,3)11-48-55(44,45)52-54(42,43)47-10-15-18(51-53(39,40)41)19(35)25(4,49-15)33-13-32-17-21(27)30-12-31-22(17)33/h12-13,15,18-20,35-36,38H,1,5-11H2,2-4H3,(H,28,34)(H,29,37)(H,42,43)(H,44,45)(H2,27,30,31)(H2,39,40,41)/p-4. The Balaban J connectivity index is 1.53. The topological polar surface area (TPSA) is 397 Å². The first-order valence-corrected chi connectivity index (χ1v) is 20.1. The molecule has 3 heterocycles. The van der Waals surface area contributed by atoms with Crippen LogP contribution in [0.3, 0.4) is 0 Å². The fourth-order valence-electron chi connectivity index (χ4n) is 4.76. The normalized spacial score (nSPS) is 23.1. The highest BCUT2D eigenvalue weighted by molar-refractivity contribution is 7.59. The number of nitrogen functional groups attached to an aromatic ring is 1. The average molecular weight is 844 g/mol. The van der Waals surface area contributed by atoms with E-state index in [2.05, 4.69) is 54.9 Å². The minimum atomic E-state index is -5.94. The maximum absolute atomic E-state index is 12.5. The van der Waals surface area contributed by atoms with Crippen LogP contribution >= 0.6 is 23.5 Å². The molecule has 1 saturated heterocycles. The van der Waals surface area contributed by atoms with E-state index >= 15 is 0 Å². The van der Waals surface area contributed by atoms with Gasteiger partial charge in [-0.05, 0) is 13.2 Å². The number of hydrogen-bond donors (Lipinski definition) is 6. The molecule has 1 aliphatic rings. The van der Waals surface area contributed by atoms with Gasteiger partial charge in [-0.1, -0.05) is 20.4 Å². The van der Waals surface area contributed by atoms with Crippen LogP contribution < -0.4 is 35.9 Å². The molecule has 1 radical (unpaired) electrons. The number of rotatable bonds is 23. The highest BCUT2D eigenvalue weighted by Crippen LogP contribution is 2.56. The summed E-state index contributed by atoms with van der Waals surface area (Å²) in [6, 6.07) is 0. The summed E-state index contributed by atoms with van der Waals surface area (Å²) < 4.78 is 65.9. The molecule has 0 saturated carbocycles. The van der Waals surface area contributed by atoms with E-state index in [0.717, 1.165) is 17.2 Å². The second-order valence-electron chi connectivity index (χ2n) is 12.4. The van der Waals surface area contributed by atoms with E-state index in [4.69, 9.17) is 20.4 Å². The zero-order valence-electron chi connectivity index (χ0n) is 29.3. The second-order valence-corrected chi connectivity index (χ2v) is 16.5. The molecule has 1 aliphatic heterocycles. The Morgan fingerprint density at radius 2 is 1.82 bits per heavy atom. The predicted molar refractivity (Wildman–Crippen MR) is 175 cm³/mol. The molecule has 3 rings (SSSR count). The van der Waals surface area contributed by atoms with Gasteiger partial charge in [-0.15, -0.1) is 0 Å². The number of anilines is 1. The number of phosphoric acid groups is 3. The van der Waals surface area contributed by atoms with Crippen LogP contribution in [0.15, 0.2) is 25.0 Å². The van der Waals surface area contributed by atoms with Gasteiger partial charge in [0, 0.05) is 24.9 Å². The van der Waals surface area contributed by atoms with Crippen molar-refractivity contribution >= 4 is 59.7 Å². The third-order valence-corrected chi connectivity index (χ3v) is 10.6. The molecule has 2 aromatic heterocycles. The van der Waals surface area contributed by atoms with Crippen LogP contribution in [0.5, 0.6) is 0 Å². The van der Waals surface area contributed by atoms with Crippen molar-refractivity contribution in [1.29, 1.82) is 0 Å². The molecule has 2 aromatic rings. The van der Waals surface area contributed by atoms with Crippen LogP contribution in [0.4, 0.5) is 5.82 Å². The monoisotopic (exact) mass is 844 g/mol. The zero-order chi connectivity index (χ0) is 41.4. The molecule has 7 N–H and O–H groups in total. The van der Waals surface area contributed by atoms with Crippen molar-refractivity contribution in [2.75, 3.05) is 38.6 Å². The maximum Gasteiger partial charge on any atom is 0.294 e. The lowest BCUT2D eigenvalue weighted by Gasteiger charge is -2.36. The van der Waals surface area contributed by atoms with Crippen LogP contribution in [0.25, 0.3) is 11.2 Å². The van der Waals surface area contributed by atoms with Gasteiger partial charge in [-0.2, -0.15) is 0 Å². The summed E-state index contributed by atoms with van der Waals surface area (Å²) in [6.45, 7) is 4.41.